The molecular formula is C30H26F6N2O2. The molecule has 0 aromatic heterocycles. The third kappa shape index (κ3) is 7.40. The Morgan fingerprint density at radius 1 is 0.575 bits per heavy atom. The number of ketones is 2. The predicted molar refractivity (Wildman–Crippen MR) is 143 cm³/mol. The summed E-state index contributed by atoms with van der Waals surface area (Å²) in [4.78, 5) is 27.4. The molecule has 3 rings (SSSR count). The van der Waals surface area contributed by atoms with Crippen molar-refractivity contribution in [2.75, 3.05) is 22.9 Å². The summed E-state index contributed by atoms with van der Waals surface area (Å²) in [5, 5.41) is 0. The Bertz CT molecular complexity index is 1260. The molecule has 0 radical (unpaired) electrons. The number of allylic oxidation sites excluding steroid dienone is 2. The van der Waals surface area contributed by atoms with Gasteiger partial charge in [0.05, 0.1) is 11.1 Å². The SMILES string of the molecule is CCN(/C=C(\C(=O)C(F)(F)F)c1ccccc1)c1ccc(N(/C=C(/C(=O)C(F)(F)F)c2ccccc2)CC)cc1. The Hall–Kier alpha value is -4.34. The van der Waals surface area contributed by atoms with Crippen molar-refractivity contribution in [1.82, 2.24) is 0 Å². The number of carbonyl (C=O) groups is 2. The summed E-state index contributed by atoms with van der Waals surface area (Å²) in [5.74, 6) is -3.97. The Labute approximate surface area is 227 Å². The van der Waals surface area contributed by atoms with Crippen LogP contribution in [0.1, 0.15) is 25.0 Å². The van der Waals surface area contributed by atoms with Gasteiger partial charge in [-0.2, -0.15) is 26.3 Å². The molecule has 0 fully saturated rings. The maximum absolute atomic E-state index is 13.4. The first-order valence-corrected chi connectivity index (χ1v) is 12.3. The maximum Gasteiger partial charge on any atom is 0.454 e. The zero-order chi connectivity index (χ0) is 29.5. The van der Waals surface area contributed by atoms with Gasteiger partial charge in [-0.25, -0.2) is 0 Å². The first-order valence-electron chi connectivity index (χ1n) is 12.3. The lowest BCUT2D eigenvalue weighted by molar-refractivity contribution is -0.164. The summed E-state index contributed by atoms with van der Waals surface area (Å²) in [6.07, 6.45) is -7.90. The van der Waals surface area contributed by atoms with Gasteiger partial charge in [-0.05, 0) is 49.2 Å². The Balaban J connectivity index is 2.00. The topological polar surface area (TPSA) is 40.6 Å². The standard InChI is InChI=1S/C30H26F6N2O2/c1-3-37(19-25(27(39)29(31,32)33)21-11-7-5-8-12-21)23-15-17-24(18-16-23)38(4-2)20-26(28(40)30(34,35)36)22-13-9-6-10-14-22/h5-20H,3-4H2,1-2H3/b25-19-,26-20+. The minimum atomic E-state index is -5.08. The largest absolute Gasteiger partial charge is 0.454 e. The number of alkyl halides is 6. The average Bonchev–Trinajstić information content (AvgIpc) is 2.94. The number of halogens is 6. The van der Waals surface area contributed by atoms with Crippen LogP contribution in [0.5, 0.6) is 0 Å². The van der Waals surface area contributed by atoms with E-state index < -0.39 is 35.1 Å². The fourth-order valence-corrected chi connectivity index (χ4v) is 3.91. The summed E-state index contributed by atoms with van der Waals surface area (Å²) in [7, 11) is 0. The van der Waals surface area contributed by atoms with E-state index in [2.05, 4.69) is 0 Å². The molecule has 210 valence electrons. The van der Waals surface area contributed by atoms with Gasteiger partial charge in [0, 0.05) is 36.9 Å². The molecule has 0 saturated heterocycles. The fourth-order valence-electron chi connectivity index (χ4n) is 3.91. The van der Waals surface area contributed by atoms with Crippen LogP contribution in [-0.4, -0.2) is 37.0 Å². The van der Waals surface area contributed by atoms with E-state index in [0.717, 1.165) is 12.4 Å². The zero-order valence-corrected chi connectivity index (χ0v) is 21.6. The molecular weight excluding hydrogens is 534 g/mol. The van der Waals surface area contributed by atoms with Crippen LogP contribution < -0.4 is 9.80 Å². The molecule has 0 atom stereocenters. The van der Waals surface area contributed by atoms with Crippen molar-refractivity contribution in [2.45, 2.75) is 26.2 Å². The zero-order valence-electron chi connectivity index (χ0n) is 21.6. The van der Waals surface area contributed by atoms with Gasteiger partial charge in [0.1, 0.15) is 0 Å². The van der Waals surface area contributed by atoms with Crippen molar-refractivity contribution in [3.63, 3.8) is 0 Å². The van der Waals surface area contributed by atoms with E-state index in [-0.39, 0.29) is 24.2 Å². The normalized spacial score (nSPS) is 12.7. The van der Waals surface area contributed by atoms with E-state index >= 15 is 0 Å². The summed E-state index contributed by atoms with van der Waals surface area (Å²) in [6, 6.07) is 21.3. The molecule has 3 aromatic carbocycles. The lowest BCUT2D eigenvalue weighted by Gasteiger charge is -2.24. The molecule has 10 heteroatoms. The van der Waals surface area contributed by atoms with Gasteiger partial charge in [0.25, 0.3) is 11.6 Å². The average molecular weight is 561 g/mol. The van der Waals surface area contributed by atoms with Crippen molar-refractivity contribution >= 4 is 34.1 Å². The predicted octanol–water partition coefficient (Wildman–Crippen LogP) is 7.68. The number of hydrogen-bond acceptors (Lipinski definition) is 4. The smallest absolute Gasteiger partial charge is 0.348 e. The Morgan fingerprint density at radius 2 is 0.875 bits per heavy atom. The van der Waals surface area contributed by atoms with Crippen molar-refractivity contribution in [3.05, 3.63) is 108 Å². The number of rotatable bonds is 10. The molecule has 0 aliphatic carbocycles. The molecule has 3 aromatic rings. The molecule has 0 N–H and O–H groups in total. The summed E-state index contributed by atoms with van der Waals surface area (Å²) >= 11 is 0. The molecule has 0 saturated carbocycles. The molecule has 40 heavy (non-hydrogen) atoms. The number of anilines is 2. The lowest BCUT2D eigenvalue weighted by atomic mass is 10.0. The van der Waals surface area contributed by atoms with Crippen molar-refractivity contribution < 1.29 is 35.9 Å². The second-order valence-electron chi connectivity index (χ2n) is 8.56. The maximum atomic E-state index is 13.4. The molecule has 0 spiro atoms. The van der Waals surface area contributed by atoms with Crippen LogP contribution in [0.3, 0.4) is 0 Å². The minimum Gasteiger partial charge on any atom is -0.348 e. The number of hydrogen-bond donors (Lipinski definition) is 0. The monoisotopic (exact) mass is 560 g/mol. The number of carbonyl (C=O) groups excluding carboxylic acids is 2. The van der Waals surface area contributed by atoms with Crippen LogP contribution in [-0.2, 0) is 9.59 Å². The highest BCUT2D eigenvalue weighted by molar-refractivity contribution is 6.24. The molecule has 0 aliphatic rings. The van der Waals surface area contributed by atoms with E-state index in [1.165, 1.54) is 58.3 Å². The molecule has 0 aliphatic heterocycles. The van der Waals surface area contributed by atoms with Crippen LogP contribution in [0.25, 0.3) is 11.1 Å². The van der Waals surface area contributed by atoms with Gasteiger partial charge in [0.15, 0.2) is 0 Å². The number of benzene rings is 3. The van der Waals surface area contributed by atoms with Crippen molar-refractivity contribution in [2.24, 2.45) is 0 Å². The first kappa shape index (κ1) is 30.2. The van der Waals surface area contributed by atoms with Gasteiger partial charge in [-0.3, -0.25) is 9.59 Å². The highest BCUT2D eigenvalue weighted by Crippen LogP contribution is 2.31. The fraction of sp³-hybridized carbons (Fsp3) is 0.200. The second-order valence-corrected chi connectivity index (χ2v) is 8.56. The molecule has 0 amide bonds. The van der Waals surface area contributed by atoms with E-state index in [1.807, 2.05) is 0 Å². The van der Waals surface area contributed by atoms with Gasteiger partial charge in [-0.1, -0.05) is 60.7 Å². The molecule has 0 bridgehead atoms. The quantitative estimate of drug-likeness (QED) is 0.188. The van der Waals surface area contributed by atoms with Gasteiger partial charge in [0.2, 0.25) is 0 Å². The number of Topliss-reactive ketones (excluding diaryl/α,β-unsaturated/α-hetero) is 2. The van der Waals surface area contributed by atoms with E-state index in [4.69, 9.17) is 0 Å². The van der Waals surface area contributed by atoms with Crippen LogP contribution in [0, 0.1) is 0 Å². The molecule has 4 nitrogen and oxygen atoms in total. The van der Waals surface area contributed by atoms with Crippen LogP contribution >= 0.6 is 0 Å². The third-order valence-electron chi connectivity index (χ3n) is 5.94. The summed E-state index contributed by atoms with van der Waals surface area (Å²) in [5.41, 5.74) is 0.0363. The van der Waals surface area contributed by atoms with Gasteiger partial charge >= 0.3 is 12.4 Å². The first-order chi connectivity index (χ1) is 18.9. The number of nitrogens with zero attached hydrogens (tertiary/aromatic N) is 2. The minimum absolute atomic E-state index is 0.102. The third-order valence-corrected chi connectivity index (χ3v) is 5.94. The highest BCUT2D eigenvalue weighted by Gasteiger charge is 2.42. The lowest BCUT2D eigenvalue weighted by Crippen LogP contribution is -2.26. The van der Waals surface area contributed by atoms with E-state index in [1.54, 1.807) is 50.2 Å². The summed E-state index contributed by atoms with van der Waals surface area (Å²) < 4.78 is 80.2. The summed E-state index contributed by atoms with van der Waals surface area (Å²) in [6.45, 7) is 3.83. The molecule has 0 unspecified atom stereocenters. The van der Waals surface area contributed by atoms with E-state index in [9.17, 15) is 35.9 Å². The second kappa shape index (κ2) is 12.7. The van der Waals surface area contributed by atoms with Crippen LogP contribution in [0.4, 0.5) is 37.7 Å². The van der Waals surface area contributed by atoms with Crippen LogP contribution in [0.2, 0.25) is 0 Å². The Morgan fingerprint density at radius 3 is 1.12 bits per heavy atom. The van der Waals surface area contributed by atoms with Crippen molar-refractivity contribution in [3.8, 4) is 0 Å². The van der Waals surface area contributed by atoms with Gasteiger partial charge in [-0.15, -0.1) is 0 Å². The van der Waals surface area contributed by atoms with Crippen LogP contribution in [0.15, 0.2) is 97.3 Å². The Kier molecular flexibility index (Phi) is 9.57. The van der Waals surface area contributed by atoms with Gasteiger partial charge < -0.3 is 9.80 Å². The van der Waals surface area contributed by atoms with Crippen molar-refractivity contribution in [1.29, 1.82) is 0 Å². The van der Waals surface area contributed by atoms with E-state index in [0.29, 0.717) is 11.4 Å². The molecule has 0 heterocycles. The highest BCUT2D eigenvalue weighted by atomic mass is 19.4.